The zero-order chi connectivity index (χ0) is 8.97. The Kier molecular flexibility index (Phi) is 4.02. The first-order valence-corrected chi connectivity index (χ1v) is 5.09. The number of hydrogen-bond donors (Lipinski definition) is 1. The zero-order valence-electron chi connectivity index (χ0n) is 8.29. The van der Waals surface area contributed by atoms with Gasteiger partial charge in [0.05, 0.1) is 6.10 Å². The molecule has 0 saturated carbocycles. The summed E-state index contributed by atoms with van der Waals surface area (Å²) in [6, 6.07) is 0. The topological polar surface area (TPSA) is 23.5 Å². The Morgan fingerprint density at radius 2 is 2.25 bits per heavy atom. The summed E-state index contributed by atoms with van der Waals surface area (Å²) in [6.45, 7) is 7.70. The van der Waals surface area contributed by atoms with E-state index in [1.54, 1.807) is 0 Å². The third-order valence-corrected chi connectivity index (χ3v) is 2.50. The molecule has 0 aromatic carbocycles. The minimum Gasteiger partial charge on any atom is -0.392 e. The van der Waals surface area contributed by atoms with Crippen LogP contribution in [0.25, 0.3) is 0 Å². The van der Waals surface area contributed by atoms with Crippen LogP contribution >= 0.6 is 0 Å². The van der Waals surface area contributed by atoms with Gasteiger partial charge in [0, 0.05) is 13.1 Å². The summed E-state index contributed by atoms with van der Waals surface area (Å²) in [5.41, 5.74) is 0. The van der Waals surface area contributed by atoms with Crippen molar-refractivity contribution in [3.63, 3.8) is 0 Å². The fraction of sp³-hybridized carbons (Fsp3) is 1.00. The summed E-state index contributed by atoms with van der Waals surface area (Å²) in [4.78, 5) is 2.37. The Labute approximate surface area is 75.6 Å². The molecular weight excluding hydrogens is 150 g/mol. The smallest absolute Gasteiger partial charge is 0.0679 e. The maximum atomic E-state index is 9.27. The SMILES string of the molecule is CC(C)CCCN1CC[C@H](O)C1. The zero-order valence-corrected chi connectivity index (χ0v) is 8.29. The molecule has 0 bridgehead atoms. The average molecular weight is 171 g/mol. The van der Waals surface area contributed by atoms with E-state index < -0.39 is 0 Å². The fourth-order valence-corrected chi connectivity index (χ4v) is 1.74. The van der Waals surface area contributed by atoms with Crippen LogP contribution in [0.5, 0.6) is 0 Å². The second-order valence-electron chi connectivity index (χ2n) is 4.28. The number of β-amino-alcohol motifs (C(OH)–C–C–N with tert-alkyl or cyclic N) is 1. The maximum absolute atomic E-state index is 9.27. The Bertz CT molecular complexity index is 125. The monoisotopic (exact) mass is 171 g/mol. The minimum absolute atomic E-state index is 0.0518. The van der Waals surface area contributed by atoms with E-state index >= 15 is 0 Å². The van der Waals surface area contributed by atoms with Crippen molar-refractivity contribution >= 4 is 0 Å². The van der Waals surface area contributed by atoms with Gasteiger partial charge in [0.25, 0.3) is 0 Å². The lowest BCUT2D eigenvalue weighted by atomic mass is 10.1. The molecule has 0 aromatic heterocycles. The van der Waals surface area contributed by atoms with E-state index in [0.717, 1.165) is 25.4 Å². The second-order valence-corrected chi connectivity index (χ2v) is 4.28. The number of likely N-dealkylation sites (tertiary alicyclic amines) is 1. The number of aliphatic hydroxyl groups excluding tert-OH is 1. The van der Waals surface area contributed by atoms with Crippen LogP contribution in [0.1, 0.15) is 33.1 Å². The average Bonchev–Trinajstić information content (AvgIpc) is 2.35. The van der Waals surface area contributed by atoms with Crippen LogP contribution in [-0.4, -0.2) is 35.7 Å². The van der Waals surface area contributed by atoms with Crippen LogP contribution in [-0.2, 0) is 0 Å². The van der Waals surface area contributed by atoms with Crippen molar-refractivity contribution in [2.45, 2.75) is 39.2 Å². The molecule has 1 heterocycles. The molecule has 0 aliphatic carbocycles. The predicted octanol–water partition coefficient (Wildman–Crippen LogP) is 1.49. The lowest BCUT2D eigenvalue weighted by Gasteiger charge is -2.14. The highest BCUT2D eigenvalue weighted by Gasteiger charge is 2.18. The quantitative estimate of drug-likeness (QED) is 0.692. The van der Waals surface area contributed by atoms with E-state index in [0.29, 0.717) is 0 Å². The Balaban J connectivity index is 2.00. The van der Waals surface area contributed by atoms with Crippen molar-refractivity contribution in [2.75, 3.05) is 19.6 Å². The summed E-state index contributed by atoms with van der Waals surface area (Å²) in [5.74, 6) is 0.817. The van der Waals surface area contributed by atoms with Crippen molar-refractivity contribution in [3.05, 3.63) is 0 Å². The Morgan fingerprint density at radius 3 is 2.75 bits per heavy atom. The van der Waals surface area contributed by atoms with Crippen LogP contribution < -0.4 is 0 Å². The van der Waals surface area contributed by atoms with Crippen molar-refractivity contribution in [2.24, 2.45) is 5.92 Å². The molecule has 0 amide bonds. The lowest BCUT2D eigenvalue weighted by Crippen LogP contribution is -2.23. The third-order valence-electron chi connectivity index (χ3n) is 2.50. The fourth-order valence-electron chi connectivity index (χ4n) is 1.74. The predicted molar refractivity (Wildman–Crippen MR) is 51.1 cm³/mol. The van der Waals surface area contributed by atoms with Gasteiger partial charge in [-0.3, -0.25) is 0 Å². The molecule has 1 aliphatic heterocycles. The number of hydrogen-bond acceptors (Lipinski definition) is 2. The standard InChI is InChI=1S/C10H21NO/c1-9(2)4-3-6-11-7-5-10(12)8-11/h9-10,12H,3-8H2,1-2H3/t10-/m0/s1. The first-order valence-electron chi connectivity index (χ1n) is 5.09. The molecular formula is C10H21NO. The first-order chi connectivity index (χ1) is 5.68. The van der Waals surface area contributed by atoms with Crippen molar-refractivity contribution in [1.29, 1.82) is 0 Å². The molecule has 1 fully saturated rings. The van der Waals surface area contributed by atoms with Gasteiger partial charge in [0.15, 0.2) is 0 Å². The Morgan fingerprint density at radius 1 is 1.50 bits per heavy atom. The molecule has 2 heteroatoms. The van der Waals surface area contributed by atoms with E-state index in [9.17, 15) is 5.11 Å². The normalized spacial score (nSPS) is 25.5. The molecule has 1 saturated heterocycles. The summed E-state index contributed by atoms with van der Waals surface area (Å²) >= 11 is 0. The van der Waals surface area contributed by atoms with E-state index in [1.165, 1.54) is 19.4 Å². The number of aliphatic hydroxyl groups is 1. The summed E-state index contributed by atoms with van der Waals surface area (Å²) in [6.07, 6.45) is 3.52. The van der Waals surface area contributed by atoms with E-state index in [-0.39, 0.29) is 6.10 Å². The molecule has 2 nitrogen and oxygen atoms in total. The van der Waals surface area contributed by atoms with Gasteiger partial charge in [-0.15, -0.1) is 0 Å². The molecule has 0 spiro atoms. The van der Waals surface area contributed by atoms with Crippen LogP contribution in [0, 0.1) is 5.92 Å². The highest BCUT2D eigenvalue weighted by Crippen LogP contribution is 2.11. The van der Waals surface area contributed by atoms with Gasteiger partial charge < -0.3 is 10.0 Å². The van der Waals surface area contributed by atoms with Crippen LogP contribution in [0.2, 0.25) is 0 Å². The van der Waals surface area contributed by atoms with Gasteiger partial charge in [-0.25, -0.2) is 0 Å². The molecule has 72 valence electrons. The molecule has 0 aromatic rings. The van der Waals surface area contributed by atoms with Gasteiger partial charge in [0.2, 0.25) is 0 Å². The largest absolute Gasteiger partial charge is 0.392 e. The van der Waals surface area contributed by atoms with Gasteiger partial charge in [-0.1, -0.05) is 13.8 Å². The van der Waals surface area contributed by atoms with Gasteiger partial charge in [-0.2, -0.15) is 0 Å². The van der Waals surface area contributed by atoms with Crippen molar-refractivity contribution < 1.29 is 5.11 Å². The molecule has 12 heavy (non-hydrogen) atoms. The highest BCUT2D eigenvalue weighted by molar-refractivity contribution is 4.73. The third kappa shape index (κ3) is 3.55. The van der Waals surface area contributed by atoms with Crippen LogP contribution in [0.3, 0.4) is 0 Å². The van der Waals surface area contributed by atoms with Gasteiger partial charge >= 0.3 is 0 Å². The first kappa shape index (κ1) is 10.0. The number of rotatable bonds is 4. The van der Waals surface area contributed by atoms with E-state index in [2.05, 4.69) is 18.7 Å². The van der Waals surface area contributed by atoms with E-state index in [1.807, 2.05) is 0 Å². The van der Waals surface area contributed by atoms with Crippen LogP contribution in [0.15, 0.2) is 0 Å². The molecule has 0 unspecified atom stereocenters. The number of nitrogens with zero attached hydrogens (tertiary/aromatic N) is 1. The molecule has 1 aliphatic rings. The van der Waals surface area contributed by atoms with Gasteiger partial charge in [-0.05, 0) is 31.7 Å². The Hall–Kier alpha value is -0.0800. The summed E-state index contributed by atoms with van der Waals surface area (Å²) in [7, 11) is 0. The van der Waals surface area contributed by atoms with Crippen LogP contribution in [0.4, 0.5) is 0 Å². The van der Waals surface area contributed by atoms with Crippen molar-refractivity contribution in [1.82, 2.24) is 4.90 Å². The van der Waals surface area contributed by atoms with Crippen molar-refractivity contribution in [3.8, 4) is 0 Å². The molecule has 0 radical (unpaired) electrons. The summed E-state index contributed by atoms with van der Waals surface area (Å²) < 4.78 is 0. The molecule has 1 atom stereocenters. The maximum Gasteiger partial charge on any atom is 0.0679 e. The highest BCUT2D eigenvalue weighted by atomic mass is 16.3. The van der Waals surface area contributed by atoms with Gasteiger partial charge in [0.1, 0.15) is 0 Å². The molecule has 1 rings (SSSR count). The minimum atomic E-state index is -0.0518. The summed E-state index contributed by atoms with van der Waals surface area (Å²) in [5, 5.41) is 9.27. The van der Waals surface area contributed by atoms with E-state index in [4.69, 9.17) is 0 Å². The lowest BCUT2D eigenvalue weighted by molar-refractivity contribution is 0.175. The second kappa shape index (κ2) is 4.83. The molecule has 1 N–H and O–H groups in total.